The molecule has 5 nitrogen and oxygen atoms in total. The highest BCUT2D eigenvalue weighted by molar-refractivity contribution is 5.84. The topological polar surface area (TPSA) is 47.4 Å². The normalized spacial score (nSPS) is 10.6. The maximum absolute atomic E-state index is 12.5. The van der Waals surface area contributed by atoms with E-state index in [0.717, 1.165) is 28.1 Å². The lowest BCUT2D eigenvalue weighted by Gasteiger charge is -2.17. The van der Waals surface area contributed by atoms with Gasteiger partial charge in [-0.05, 0) is 42.0 Å². The highest BCUT2D eigenvalue weighted by atomic mass is 16.5. The molecule has 0 saturated heterocycles. The van der Waals surface area contributed by atoms with Crippen molar-refractivity contribution in [3.63, 3.8) is 0 Å². The molecular weight excluding hydrogens is 374 g/mol. The number of aryl methyl sites for hydroxylation is 1. The van der Waals surface area contributed by atoms with Crippen molar-refractivity contribution in [3.05, 3.63) is 95.3 Å². The van der Waals surface area contributed by atoms with Crippen LogP contribution in [0.4, 0.5) is 5.69 Å². The van der Waals surface area contributed by atoms with E-state index in [0.29, 0.717) is 11.4 Å². The van der Waals surface area contributed by atoms with Gasteiger partial charge in [0, 0.05) is 44.0 Å². The minimum Gasteiger partial charge on any atom is -0.457 e. The third-order valence-electron chi connectivity index (χ3n) is 4.88. The molecule has 0 aliphatic rings. The molecule has 0 bridgehead atoms. The largest absolute Gasteiger partial charge is 0.457 e. The maximum atomic E-state index is 12.5. The van der Waals surface area contributed by atoms with Crippen LogP contribution in [-0.2, 0) is 7.05 Å². The summed E-state index contributed by atoms with van der Waals surface area (Å²) < 4.78 is 7.51. The molecule has 5 heteroatoms. The number of benzene rings is 3. The van der Waals surface area contributed by atoms with Crippen LogP contribution in [0.1, 0.15) is 0 Å². The van der Waals surface area contributed by atoms with Crippen molar-refractivity contribution in [3.8, 4) is 33.9 Å². The fourth-order valence-corrected chi connectivity index (χ4v) is 3.28. The number of para-hydroxylation sites is 2. The van der Waals surface area contributed by atoms with Gasteiger partial charge in [-0.25, -0.2) is 4.68 Å². The second kappa shape index (κ2) is 8.25. The van der Waals surface area contributed by atoms with Crippen molar-refractivity contribution in [1.29, 1.82) is 0 Å². The molecule has 4 aromatic rings. The molecular formula is C25H23N3O2. The summed E-state index contributed by atoms with van der Waals surface area (Å²) in [4.78, 5) is 14.5. The zero-order valence-corrected chi connectivity index (χ0v) is 17.2. The average molecular weight is 397 g/mol. The smallest absolute Gasteiger partial charge is 0.267 e. The first-order valence-corrected chi connectivity index (χ1v) is 9.71. The maximum Gasteiger partial charge on any atom is 0.267 e. The van der Waals surface area contributed by atoms with Gasteiger partial charge < -0.3 is 9.64 Å². The van der Waals surface area contributed by atoms with Crippen molar-refractivity contribution in [2.24, 2.45) is 7.05 Å². The Kier molecular flexibility index (Phi) is 5.35. The van der Waals surface area contributed by atoms with E-state index < -0.39 is 0 Å². The Morgan fingerprint density at radius 1 is 0.833 bits per heavy atom. The fraction of sp³-hybridized carbons (Fsp3) is 0.120. The second-order valence-electron chi connectivity index (χ2n) is 7.22. The minimum absolute atomic E-state index is 0.162. The van der Waals surface area contributed by atoms with E-state index in [9.17, 15) is 4.79 Å². The number of nitrogens with zero attached hydrogens (tertiary/aromatic N) is 3. The molecule has 0 unspecified atom stereocenters. The third kappa shape index (κ3) is 3.96. The van der Waals surface area contributed by atoms with Crippen molar-refractivity contribution in [2.45, 2.75) is 0 Å². The summed E-state index contributed by atoms with van der Waals surface area (Å²) in [6.45, 7) is 0. The average Bonchev–Trinajstić information content (AvgIpc) is 2.76. The Labute approximate surface area is 175 Å². The van der Waals surface area contributed by atoms with Crippen molar-refractivity contribution >= 4 is 5.69 Å². The lowest BCUT2D eigenvalue weighted by molar-refractivity contribution is 0.484. The summed E-state index contributed by atoms with van der Waals surface area (Å²) in [6.07, 6.45) is 0. The van der Waals surface area contributed by atoms with Crippen LogP contribution in [0, 0.1) is 0 Å². The Morgan fingerprint density at radius 3 is 2.33 bits per heavy atom. The van der Waals surface area contributed by atoms with E-state index in [1.54, 1.807) is 13.1 Å². The van der Waals surface area contributed by atoms with Gasteiger partial charge in [0.05, 0.1) is 0 Å². The van der Waals surface area contributed by atoms with E-state index in [2.05, 4.69) is 11.2 Å². The van der Waals surface area contributed by atoms with Crippen molar-refractivity contribution in [2.75, 3.05) is 19.0 Å². The lowest BCUT2D eigenvalue weighted by atomic mass is 9.99. The summed E-state index contributed by atoms with van der Waals surface area (Å²) >= 11 is 0. The van der Waals surface area contributed by atoms with Crippen LogP contribution in [0.2, 0.25) is 0 Å². The molecule has 0 N–H and O–H groups in total. The minimum atomic E-state index is -0.162. The first kappa shape index (κ1) is 19.5. The van der Waals surface area contributed by atoms with Crippen LogP contribution >= 0.6 is 0 Å². The van der Waals surface area contributed by atoms with E-state index in [1.165, 1.54) is 4.68 Å². The van der Waals surface area contributed by atoms with Gasteiger partial charge in [0.25, 0.3) is 5.56 Å². The Bertz CT molecular complexity index is 1230. The first-order chi connectivity index (χ1) is 14.5. The molecule has 0 atom stereocenters. The summed E-state index contributed by atoms with van der Waals surface area (Å²) in [7, 11) is 5.64. The Balaban J connectivity index is 1.89. The summed E-state index contributed by atoms with van der Waals surface area (Å²) in [5, 5.41) is 4.61. The Morgan fingerprint density at radius 2 is 1.57 bits per heavy atom. The molecule has 1 heterocycles. The molecule has 30 heavy (non-hydrogen) atoms. The number of aromatic nitrogens is 2. The van der Waals surface area contributed by atoms with Gasteiger partial charge in [0.15, 0.2) is 0 Å². The molecule has 0 aliphatic heterocycles. The highest BCUT2D eigenvalue weighted by Gasteiger charge is 2.17. The number of anilines is 1. The molecule has 0 aliphatic carbocycles. The van der Waals surface area contributed by atoms with Gasteiger partial charge in [-0.15, -0.1) is 0 Å². The summed E-state index contributed by atoms with van der Waals surface area (Å²) in [6, 6.07) is 27.1. The molecule has 0 spiro atoms. The van der Waals surface area contributed by atoms with Gasteiger partial charge in [0.1, 0.15) is 17.2 Å². The van der Waals surface area contributed by atoms with Crippen LogP contribution < -0.4 is 15.2 Å². The number of hydrogen-bond donors (Lipinski definition) is 0. The number of rotatable bonds is 5. The fourth-order valence-electron chi connectivity index (χ4n) is 3.28. The zero-order valence-electron chi connectivity index (χ0n) is 17.2. The standard InChI is InChI=1S/C25H23N3O2/c1-27(2)19-11-9-10-18(16-19)22-17-24(29)28(3)26-25(22)21-14-7-8-15-23(21)30-20-12-5-4-6-13-20/h4-17H,1-3H3. The third-order valence-corrected chi connectivity index (χ3v) is 4.88. The number of ether oxygens (including phenoxy) is 1. The van der Waals surface area contributed by atoms with E-state index in [1.807, 2.05) is 91.8 Å². The predicted molar refractivity (Wildman–Crippen MR) is 121 cm³/mol. The van der Waals surface area contributed by atoms with Crippen LogP contribution in [0.15, 0.2) is 89.7 Å². The monoisotopic (exact) mass is 397 g/mol. The van der Waals surface area contributed by atoms with E-state index >= 15 is 0 Å². The van der Waals surface area contributed by atoms with Gasteiger partial charge in [-0.3, -0.25) is 4.79 Å². The van der Waals surface area contributed by atoms with Crippen molar-refractivity contribution < 1.29 is 4.74 Å². The molecule has 0 amide bonds. The van der Waals surface area contributed by atoms with Gasteiger partial charge in [-0.2, -0.15) is 5.10 Å². The van der Waals surface area contributed by atoms with Gasteiger partial charge in [0.2, 0.25) is 0 Å². The van der Waals surface area contributed by atoms with Crippen LogP contribution in [0.3, 0.4) is 0 Å². The molecule has 1 aromatic heterocycles. The molecule has 3 aromatic carbocycles. The molecule has 0 fully saturated rings. The Hall–Kier alpha value is -3.86. The van der Waals surface area contributed by atoms with Gasteiger partial charge in [-0.1, -0.05) is 42.5 Å². The number of hydrogen-bond acceptors (Lipinski definition) is 4. The van der Waals surface area contributed by atoms with Gasteiger partial charge >= 0.3 is 0 Å². The van der Waals surface area contributed by atoms with E-state index in [-0.39, 0.29) is 5.56 Å². The van der Waals surface area contributed by atoms with E-state index in [4.69, 9.17) is 4.74 Å². The predicted octanol–water partition coefficient (Wildman–Crippen LogP) is 4.97. The van der Waals surface area contributed by atoms with Crippen LogP contribution in [-0.4, -0.2) is 23.9 Å². The zero-order chi connectivity index (χ0) is 21.1. The molecule has 0 radical (unpaired) electrons. The SMILES string of the molecule is CN(C)c1cccc(-c2cc(=O)n(C)nc2-c2ccccc2Oc2ccccc2)c1. The second-order valence-corrected chi connectivity index (χ2v) is 7.22. The van der Waals surface area contributed by atoms with Crippen LogP contribution in [0.25, 0.3) is 22.4 Å². The summed E-state index contributed by atoms with van der Waals surface area (Å²) in [5.74, 6) is 1.42. The lowest BCUT2D eigenvalue weighted by Crippen LogP contribution is -2.19. The molecule has 150 valence electrons. The highest BCUT2D eigenvalue weighted by Crippen LogP contribution is 2.37. The van der Waals surface area contributed by atoms with Crippen LogP contribution in [0.5, 0.6) is 11.5 Å². The quantitative estimate of drug-likeness (QED) is 0.477. The molecule has 0 saturated carbocycles. The summed E-state index contributed by atoms with van der Waals surface area (Å²) in [5.41, 5.74) is 4.10. The molecule has 4 rings (SSSR count). The van der Waals surface area contributed by atoms with Crippen molar-refractivity contribution in [1.82, 2.24) is 9.78 Å². The first-order valence-electron chi connectivity index (χ1n) is 9.71.